The van der Waals surface area contributed by atoms with Crippen molar-refractivity contribution in [2.75, 3.05) is 19.7 Å². The maximum absolute atomic E-state index is 12.5. The Morgan fingerprint density at radius 3 is 2.83 bits per heavy atom. The lowest BCUT2D eigenvalue weighted by Crippen LogP contribution is -2.45. The van der Waals surface area contributed by atoms with E-state index in [2.05, 4.69) is 19.0 Å². The Morgan fingerprint density at radius 2 is 2.17 bits per heavy atom. The van der Waals surface area contributed by atoms with Gasteiger partial charge in [0, 0.05) is 25.1 Å². The number of ether oxygens (including phenoxy) is 1. The molecule has 0 N–H and O–H groups in total. The Balaban J connectivity index is 1.77. The van der Waals surface area contributed by atoms with Gasteiger partial charge in [0.2, 0.25) is 5.91 Å². The number of aryl methyl sites for hydroxylation is 2. The standard InChI is InChI=1S/C18H30N2O3/c1-13(2)6-5-7-16-12-20(10-11-22-16)18(21)9-8-17-14(3)19-23-15(17)4/h13,16H,5-12H2,1-4H3/t16-/m1/s1. The number of amides is 1. The number of rotatable bonds is 7. The number of nitrogens with zero attached hydrogens (tertiary/aromatic N) is 2. The van der Waals surface area contributed by atoms with E-state index in [-0.39, 0.29) is 12.0 Å². The second-order valence-corrected chi connectivity index (χ2v) is 6.96. The molecule has 0 aromatic carbocycles. The predicted octanol–water partition coefficient (Wildman–Crippen LogP) is 3.28. The zero-order valence-corrected chi connectivity index (χ0v) is 14.9. The summed E-state index contributed by atoms with van der Waals surface area (Å²) in [5.74, 6) is 1.76. The summed E-state index contributed by atoms with van der Waals surface area (Å²) in [6, 6.07) is 0. The van der Waals surface area contributed by atoms with E-state index in [9.17, 15) is 4.79 Å². The SMILES string of the molecule is Cc1noc(C)c1CCC(=O)N1CCO[C@H](CCCC(C)C)C1. The maximum Gasteiger partial charge on any atom is 0.223 e. The van der Waals surface area contributed by atoms with Crippen LogP contribution in [0.15, 0.2) is 4.52 Å². The Kier molecular flexibility index (Phi) is 6.63. The topological polar surface area (TPSA) is 55.6 Å². The molecule has 1 aromatic rings. The van der Waals surface area contributed by atoms with Crippen LogP contribution < -0.4 is 0 Å². The average molecular weight is 322 g/mol. The molecule has 1 aromatic heterocycles. The van der Waals surface area contributed by atoms with E-state index in [4.69, 9.17) is 9.26 Å². The summed E-state index contributed by atoms with van der Waals surface area (Å²) in [5, 5.41) is 3.95. The van der Waals surface area contributed by atoms with Crippen molar-refractivity contribution >= 4 is 5.91 Å². The van der Waals surface area contributed by atoms with Crippen molar-refractivity contribution < 1.29 is 14.1 Å². The normalized spacial score (nSPS) is 18.7. The second kappa shape index (κ2) is 8.48. The van der Waals surface area contributed by atoms with E-state index in [1.54, 1.807) is 0 Å². The Bertz CT molecular complexity index is 491. The first-order valence-electron chi connectivity index (χ1n) is 8.78. The van der Waals surface area contributed by atoms with Gasteiger partial charge in [0.05, 0.1) is 18.4 Å². The molecule has 0 spiro atoms. The number of carbonyl (C=O) groups is 1. The van der Waals surface area contributed by atoms with E-state index in [1.807, 2.05) is 18.7 Å². The van der Waals surface area contributed by atoms with Crippen LogP contribution in [0.3, 0.4) is 0 Å². The smallest absolute Gasteiger partial charge is 0.223 e. The van der Waals surface area contributed by atoms with Gasteiger partial charge in [-0.3, -0.25) is 4.79 Å². The molecule has 2 heterocycles. The Morgan fingerprint density at radius 1 is 1.39 bits per heavy atom. The molecular weight excluding hydrogens is 292 g/mol. The first kappa shape index (κ1) is 18.0. The molecule has 5 nitrogen and oxygen atoms in total. The van der Waals surface area contributed by atoms with E-state index in [1.165, 1.54) is 12.8 Å². The molecule has 1 saturated heterocycles. The van der Waals surface area contributed by atoms with Crippen LogP contribution in [0, 0.1) is 19.8 Å². The molecule has 0 bridgehead atoms. The van der Waals surface area contributed by atoms with Crippen molar-refractivity contribution in [2.24, 2.45) is 5.92 Å². The van der Waals surface area contributed by atoms with Gasteiger partial charge in [-0.2, -0.15) is 0 Å². The number of morpholine rings is 1. The summed E-state index contributed by atoms with van der Waals surface area (Å²) in [7, 11) is 0. The monoisotopic (exact) mass is 322 g/mol. The molecule has 1 aliphatic heterocycles. The fourth-order valence-corrected chi connectivity index (χ4v) is 3.12. The molecule has 0 radical (unpaired) electrons. The summed E-state index contributed by atoms with van der Waals surface area (Å²) in [5.41, 5.74) is 1.96. The Hall–Kier alpha value is -1.36. The molecular formula is C18H30N2O3. The summed E-state index contributed by atoms with van der Waals surface area (Å²) >= 11 is 0. The van der Waals surface area contributed by atoms with Crippen LogP contribution in [-0.4, -0.2) is 41.8 Å². The van der Waals surface area contributed by atoms with Crippen molar-refractivity contribution in [3.8, 4) is 0 Å². The van der Waals surface area contributed by atoms with E-state index in [0.29, 0.717) is 26.0 Å². The van der Waals surface area contributed by atoms with Crippen molar-refractivity contribution in [3.63, 3.8) is 0 Å². The summed E-state index contributed by atoms with van der Waals surface area (Å²) in [4.78, 5) is 14.4. The van der Waals surface area contributed by atoms with Crippen molar-refractivity contribution in [1.29, 1.82) is 0 Å². The van der Waals surface area contributed by atoms with Gasteiger partial charge < -0.3 is 14.2 Å². The molecule has 1 amide bonds. The minimum atomic E-state index is 0.200. The fourth-order valence-electron chi connectivity index (χ4n) is 3.12. The second-order valence-electron chi connectivity index (χ2n) is 6.96. The van der Waals surface area contributed by atoms with Crippen LogP contribution in [0.2, 0.25) is 0 Å². The molecule has 0 unspecified atom stereocenters. The van der Waals surface area contributed by atoms with Gasteiger partial charge in [-0.15, -0.1) is 0 Å². The van der Waals surface area contributed by atoms with Gasteiger partial charge in [-0.25, -0.2) is 0 Å². The average Bonchev–Trinajstić information content (AvgIpc) is 2.83. The molecule has 1 atom stereocenters. The zero-order chi connectivity index (χ0) is 16.8. The summed E-state index contributed by atoms with van der Waals surface area (Å²) < 4.78 is 11.0. The highest BCUT2D eigenvalue weighted by atomic mass is 16.5. The highest BCUT2D eigenvalue weighted by Gasteiger charge is 2.24. The third-order valence-corrected chi connectivity index (χ3v) is 4.57. The first-order valence-corrected chi connectivity index (χ1v) is 8.78. The number of hydrogen-bond acceptors (Lipinski definition) is 4. The minimum absolute atomic E-state index is 0.200. The summed E-state index contributed by atoms with van der Waals surface area (Å²) in [6.07, 6.45) is 4.86. The van der Waals surface area contributed by atoms with Gasteiger partial charge in [0.15, 0.2) is 0 Å². The highest BCUT2D eigenvalue weighted by Crippen LogP contribution is 2.18. The minimum Gasteiger partial charge on any atom is -0.375 e. The summed E-state index contributed by atoms with van der Waals surface area (Å²) in [6.45, 7) is 10.4. The predicted molar refractivity (Wildman–Crippen MR) is 89.3 cm³/mol. The number of carbonyl (C=O) groups excluding carboxylic acids is 1. The van der Waals surface area contributed by atoms with Crippen molar-refractivity contribution in [2.45, 2.75) is 65.9 Å². The van der Waals surface area contributed by atoms with Crippen LogP contribution in [0.25, 0.3) is 0 Å². The van der Waals surface area contributed by atoms with Crippen LogP contribution in [0.4, 0.5) is 0 Å². The molecule has 5 heteroatoms. The lowest BCUT2D eigenvalue weighted by Gasteiger charge is -2.33. The van der Waals surface area contributed by atoms with Crippen LogP contribution in [-0.2, 0) is 16.0 Å². The quantitative estimate of drug-likeness (QED) is 0.773. The van der Waals surface area contributed by atoms with Crippen molar-refractivity contribution in [1.82, 2.24) is 10.1 Å². The fraction of sp³-hybridized carbons (Fsp3) is 0.778. The molecule has 1 aliphatic rings. The number of hydrogen-bond donors (Lipinski definition) is 0. The lowest BCUT2D eigenvalue weighted by atomic mass is 10.0. The number of aromatic nitrogens is 1. The Labute approximate surface area is 139 Å². The molecule has 1 fully saturated rings. The van der Waals surface area contributed by atoms with Gasteiger partial charge in [0.1, 0.15) is 5.76 Å². The van der Waals surface area contributed by atoms with Gasteiger partial charge in [-0.05, 0) is 32.6 Å². The van der Waals surface area contributed by atoms with Crippen molar-refractivity contribution in [3.05, 3.63) is 17.0 Å². The van der Waals surface area contributed by atoms with Gasteiger partial charge >= 0.3 is 0 Å². The van der Waals surface area contributed by atoms with Gasteiger partial charge in [-0.1, -0.05) is 31.8 Å². The lowest BCUT2D eigenvalue weighted by molar-refractivity contribution is -0.139. The maximum atomic E-state index is 12.5. The molecule has 23 heavy (non-hydrogen) atoms. The zero-order valence-electron chi connectivity index (χ0n) is 14.9. The highest BCUT2D eigenvalue weighted by molar-refractivity contribution is 5.76. The first-order chi connectivity index (χ1) is 11.0. The third-order valence-electron chi connectivity index (χ3n) is 4.57. The van der Waals surface area contributed by atoms with Crippen LogP contribution in [0.1, 0.15) is 56.5 Å². The van der Waals surface area contributed by atoms with E-state index < -0.39 is 0 Å². The molecule has 0 saturated carbocycles. The largest absolute Gasteiger partial charge is 0.375 e. The van der Waals surface area contributed by atoms with Crippen LogP contribution >= 0.6 is 0 Å². The van der Waals surface area contributed by atoms with Gasteiger partial charge in [0.25, 0.3) is 0 Å². The van der Waals surface area contributed by atoms with Crippen LogP contribution in [0.5, 0.6) is 0 Å². The third kappa shape index (κ3) is 5.34. The molecule has 130 valence electrons. The van der Waals surface area contributed by atoms with E-state index in [0.717, 1.165) is 35.9 Å². The molecule has 2 rings (SSSR count). The molecule has 0 aliphatic carbocycles. The van der Waals surface area contributed by atoms with E-state index >= 15 is 0 Å².